The average Bonchev–Trinajstić information content (AvgIpc) is 2.68. The zero-order chi connectivity index (χ0) is 18.5. The lowest BCUT2D eigenvalue weighted by molar-refractivity contribution is -0.120. The van der Waals surface area contributed by atoms with Crippen molar-refractivity contribution in [3.8, 4) is 6.07 Å². The van der Waals surface area contributed by atoms with E-state index in [9.17, 15) is 4.79 Å². The van der Waals surface area contributed by atoms with Gasteiger partial charge in [-0.2, -0.15) is 5.26 Å². The van der Waals surface area contributed by atoms with Gasteiger partial charge in [-0.3, -0.25) is 9.69 Å². The maximum absolute atomic E-state index is 12.6. The number of para-hydroxylation sites is 1. The molecule has 1 saturated heterocycles. The van der Waals surface area contributed by atoms with Crippen molar-refractivity contribution in [2.24, 2.45) is 0 Å². The van der Waals surface area contributed by atoms with Crippen LogP contribution in [0.1, 0.15) is 12.5 Å². The first-order valence-electron chi connectivity index (χ1n) is 8.63. The molecule has 134 valence electrons. The van der Waals surface area contributed by atoms with Crippen LogP contribution in [0.4, 0.5) is 11.4 Å². The number of halogens is 1. The number of piperazine rings is 1. The minimum absolute atomic E-state index is 0.0704. The van der Waals surface area contributed by atoms with Gasteiger partial charge in [0.1, 0.15) is 6.07 Å². The summed E-state index contributed by atoms with van der Waals surface area (Å²) in [6.07, 6.45) is 0. The van der Waals surface area contributed by atoms with Crippen LogP contribution in [0, 0.1) is 11.3 Å². The van der Waals surface area contributed by atoms with Crippen molar-refractivity contribution in [1.82, 2.24) is 4.90 Å². The molecule has 6 heteroatoms. The van der Waals surface area contributed by atoms with E-state index in [0.29, 0.717) is 16.3 Å². The van der Waals surface area contributed by atoms with Crippen molar-refractivity contribution in [3.05, 3.63) is 59.1 Å². The van der Waals surface area contributed by atoms with Crippen molar-refractivity contribution in [2.75, 3.05) is 36.4 Å². The highest BCUT2D eigenvalue weighted by Gasteiger charge is 2.25. The maximum atomic E-state index is 12.6. The number of benzene rings is 2. The van der Waals surface area contributed by atoms with E-state index < -0.39 is 0 Å². The highest BCUT2D eigenvalue weighted by Crippen LogP contribution is 2.21. The summed E-state index contributed by atoms with van der Waals surface area (Å²) in [5.74, 6) is -0.0704. The number of nitrogens with zero attached hydrogens (tertiary/aromatic N) is 3. The van der Waals surface area contributed by atoms with Crippen LogP contribution in [0.3, 0.4) is 0 Å². The lowest BCUT2D eigenvalue weighted by atomic mass is 10.1. The lowest BCUT2D eigenvalue weighted by Gasteiger charge is -2.38. The van der Waals surface area contributed by atoms with Gasteiger partial charge in [0.25, 0.3) is 0 Å². The molecule has 1 N–H and O–H groups in total. The van der Waals surface area contributed by atoms with Crippen molar-refractivity contribution >= 4 is 28.9 Å². The smallest absolute Gasteiger partial charge is 0.241 e. The third kappa shape index (κ3) is 4.16. The third-order valence-electron chi connectivity index (χ3n) is 4.72. The van der Waals surface area contributed by atoms with Gasteiger partial charge in [0, 0.05) is 37.6 Å². The van der Waals surface area contributed by atoms with Crippen LogP contribution in [0.2, 0.25) is 5.02 Å². The number of nitriles is 1. The second kappa shape index (κ2) is 8.22. The van der Waals surface area contributed by atoms with Gasteiger partial charge in [-0.15, -0.1) is 0 Å². The van der Waals surface area contributed by atoms with Gasteiger partial charge in [-0.25, -0.2) is 0 Å². The zero-order valence-electron chi connectivity index (χ0n) is 14.7. The van der Waals surface area contributed by atoms with Gasteiger partial charge in [0.05, 0.1) is 16.6 Å². The fourth-order valence-corrected chi connectivity index (χ4v) is 3.33. The molecule has 0 saturated carbocycles. The SMILES string of the molecule is C[C@@H](C(=O)Nc1ccc(C#N)c(Cl)c1)N1CCN(c2ccccc2)CC1. The first-order valence-corrected chi connectivity index (χ1v) is 9.01. The molecule has 0 aliphatic carbocycles. The molecule has 1 heterocycles. The van der Waals surface area contributed by atoms with E-state index >= 15 is 0 Å². The number of carbonyl (C=O) groups excluding carboxylic acids is 1. The topological polar surface area (TPSA) is 59.4 Å². The second-order valence-electron chi connectivity index (χ2n) is 6.33. The Bertz CT molecular complexity index is 810. The lowest BCUT2D eigenvalue weighted by Crippen LogP contribution is -2.52. The van der Waals surface area contributed by atoms with Gasteiger partial charge in [-0.1, -0.05) is 29.8 Å². The molecule has 2 aromatic carbocycles. The Hall–Kier alpha value is -2.55. The number of nitrogens with one attached hydrogen (secondary N) is 1. The van der Waals surface area contributed by atoms with E-state index in [4.69, 9.17) is 16.9 Å². The Morgan fingerprint density at radius 2 is 1.85 bits per heavy atom. The maximum Gasteiger partial charge on any atom is 0.241 e. The standard InChI is InChI=1S/C20H21ClN4O/c1-15(20(26)23-17-8-7-16(14-22)19(21)13-17)24-9-11-25(12-10-24)18-5-3-2-4-6-18/h2-8,13,15H,9-12H2,1H3,(H,23,26)/t15-/m0/s1. The number of rotatable bonds is 4. The van der Waals surface area contributed by atoms with Gasteiger partial charge < -0.3 is 10.2 Å². The molecule has 0 unspecified atom stereocenters. The van der Waals surface area contributed by atoms with Crippen molar-refractivity contribution in [3.63, 3.8) is 0 Å². The Balaban J connectivity index is 1.56. The van der Waals surface area contributed by atoms with Crippen LogP contribution in [-0.4, -0.2) is 43.0 Å². The Labute approximate surface area is 158 Å². The number of amides is 1. The predicted octanol–water partition coefficient (Wildman–Crippen LogP) is 3.36. The highest BCUT2D eigenvalue weighted by atomic mass is 35.5. The molecule has 0 aromatic heterocycles. The molecule has 1 aliphatic rings. The van der Waals surface area contributed by atoms with Crippen LogP contribution in [0.25, 0.3) is 0 Å². The van der Waals surface area contributed by atoms with Crippen molar-refractivity contribution in [1.29, 1.82) is 5.26 Å². The second-order valence-corrected chi connectivity index (χ2v) is 6.74. The predicted molar refractivity (Wildman–Crippen MR) is 104 cm³/mol. The first-order chi connectivity index (χ1) is 12.6. The van der Waals surface area contributed by atoms with Gasteiger partial charge in [-0.05, 0) is 37.3 Å². The summed E-state index contributed by atoms with van der Waals surface area (Å²) in [7, 11) is 0. The zero-order valence-corrected chi connectivity index (χ0v) is 15.4. The Morgan fingerprint density at radius 3 is 2.46 bits per heavy atom. The quantitative estimate of drug-likeness (QED) is 0.898. The van der Waals surface area contributed by atoms with Crippen LogP contribution in [0.15, 0.2) is 48.5 Å². The van der Waals surface area contributed by atoms with E-state index in [2.05, 4.69) is 27.2 Å². The van der Waals surface area contributed by atoms with Crippen molar-refractivity contribution in [2.45, 2.75) is 13.0 Å². The summed E-state index contributed by atoms with van der Waals surface area (Å²) in [6, 6.07) is 17.0. The summed E-state index contributed by atoms with van der Waals surface area (Å²) in [4.78, 5) is 17.1. The van der Waals surface area contributed by atoms with E-state index in [-0.39, 0.29) is 11.9 Å². The largest absolute Gasteiger partial charge is 0.369 e. The van der Waals surface area contributed by atoms with Gasteiger partial charge in [0.15, 0.2) is 0 Å². The van der Waals surface area contributed by atoms with Gasteiger partial charge >= 0.3 is 0 Å². The molecule has 1 fully saturated rings. The fourth-order valence-electron chi connectivity index (χ4n) is 3.10. The van der Waals surface area contributed by atoms with E-state index in [1.54, 1.807) is 18.2 Å². The Morgan fingerprint density at radius 1 is 1.15 bits per heavy atom. The summed E-state index contributed by atoms with van der Waals surface area (Å²) in [5, 5.41) is 12.1. The molecule has 3 rings (SSSR count). The molecule has 0 bridgehead atoms. The molecule has 0 radical (unpaired) electrons. The average molecular weight is 369 g/mol. The Kier molecular flexibility index (Phi) is 5.77. The normalized spacial score (nSPS) is 16.0. The number of hydrogen-bond donors (Lipinski definition) is 1. The number of carbonyl (C=O) groups is 1. The van der Waals surface area contributed by atoms with Crippen LogP contribution in [0.5, 0.6) is 0 Å². The van der Waals surface area contributed by atoms with Crippen LogP contribution in [-0.2, 0) is 4.79 Å². The molecule has 1 aliphatic heterocycles. The highest BCUT2D eigenvalue weighted by molar-refractivity contribution is 6.32. The molecule has 26 heavy (non-hydrogen) atoms. The molecular formula is C20H21ClN4O. The fraction of sp³-hybridized carbons (Fsp3) is 0.300. The van der Waals surface area contributed by atoms with E-state index in [1.165, 1.54) is 5.69 Å². The summed E-state index contributed by atoms with van der Waals surface area (Å²) in [5.41, 5.74) is 2.22. The third-order valence-corrected chi connectivity index (χ3v) is 5.03. The molecule has 0 spiro atoms. The molecule has 2 aromatic rings. The van der Waals surface area contributed by atoms with E-state index in [0.717, 1.165) is 26.2 Å². The number of hydrogen-bond acceptors (Lipinski definition) is 4. The van der Waals surface area contributed by atoms with Crippen LogP contribution < -0.4 is 10.2 Å². The summed E-state index contributed by atoms with van der Waals surface area (Å²) >= 11 is 6.03. The summed E-state index contributed by atoms with van der Waals surface area (Å²) < 4.78 is 0. The first kappa shape index (κ1) is 18.2. The van der Waals surface area contributed by atoms with Gasteiger partial charge in [0.2, 0.25) is 5.91 Å². The molecule has 1 atom stereocenters. The summed E-state index contributed by atoms with van der Waals surface area (Å²) in [6.45, 7) is 5.36. The monoisotopic (exact) mass is 368 g/mol. The molecular weight excluding hydrogens is 348 g/mol. The van der Waals surface area contributed by atoms with Crippen LogP contribution >= 0.6 is 11.6 Å². The van der Waals surface area contributed by atoms with Crippen molar-refractivity contribution < 1.29 is 4.79 Å². The number of anilines is 2. The van der Waals surface area contributed by atoms with E-state index in [1.807, 2.05) is 31.2 Å². The molecule has 1 amide bonds. The minimum Gasteiger partial charge on any atom is -0.369 e. The minimum atomic E-state index is -0.234. The molecule has 5 nitrogen and oxygen atoms in total.